The van der Waals surface area contributed by atoms with Gasteiger partial charge in [-0.1, -0.05) is 54.9 Å². The average molecular weight is 357 g/mol. The molecule has 0 fully saturated rings. The molecule has 2 aliphatic rings. The molecule has 25 heavy (non-hydrogen) atoms. The van der Waals surface area contributed by atoms with E-state index in [0.29, 0.717) is 12.8 Å². The molecule has 0 N–H and O–H groups in total. The number of hydrogen-bond acceptors (Lipinski definition) is 3. The Labute approximate surface area is 153 Å². The molecule has 0 saturated heterocycles. The molecule has 3 rings (SSSR count). The number of nitrogens with zero attached hydrogens (tertiary/aromatic N) is 2. The van der Waals surface area contributed by atoms with Crippen molar-refractivity contribution in [2.45, 2.75) is 19.5 Å². The fourth-order valence-corrected chi connectivity index (χ4v) is 3.94. The quantitative estimate of drug-likeness (QED) is 0.614. The summed E-state index contributed by atoms with van der Waals surface area (Å²) >= 11 is 6.40. The lowest BCUT2D eigenvalue weighted by Crippen LogP contribution is -2.50. The van der Waals surface area contributed by atoms with Crippen molar-refractivity contribution in [1.29, 1.82) is 0 Å². The molecule has 1 aliphatic carbocycles. The molecule has 0 saturated carbocycles. The second-order valence-electron chi connectivity index (χ2n) is 6.61. The van der Waals surface area contributed by atoms with E-state index in [-0.39, 0.29) is 28.5 Å². The Bertz CT molecular complexity index is 793. The van der Waals surface area contributed by atoms with Crippen molar-refractivity contribution >= 4 is 23.8 Å². The third-order valence-corrected chi connectivity index (χ3v) is 5.26. The standard InChI is InChI=1S/C20H21ClN2O2/c1-13-17(22(2)3)10-9-15-18(21)16(12-24)20(25)23(19(13)15)11-14-7-5-4-6-8-14/h4-10,12-13,19H,11H2,1-3H3. The number of benzene rings is 1. The van der Waals surface area contributed by atoms with Gasteiger partial charge in [0.15, 0.2) is 6.29 Å². The molecular formula is C20H21ClN2O2. The molecule has 0 bridgehead atoms. The molecule has 1 aliphatic heterocycles. The van der Waals surface area contributed by atoms with Gasteiger partial charge in [-0.25, -0.2) is 0 Å². The summed E-state index contributed by atoms with van der Waals surface area (Å²) in [7, 11) is 3.98. The number of carbonyl (C=O) groups is 2. The molecular weight excluding hydrogens is 336 g/mol. The van der Waals surface area contributed by atoms with Crippen LogP contribution in [0.3, 0.4) is 0 Å². The first-order valence-corrected chi connectivity index (χ1v) is 8.62. The Morgan fingerprint density at radius 3 is 2.48 bits per heavy atom. The lowest BCUT2D eigenvalue weighted by molar-refractivity contribution is -0.131. The van der Waals surface area contributed by atoms with E-state index in [9.17, 15) is 9.59 Å². The third-order valence-electron chi connectivity index (χ3n) is 4.84. The molecule has 1 aromatic carbocycles. The second-order valence-corrected chi connectivity index (χ2v) is 6.98. The van der Waals surface area contributed by atoms with E-state index in [2.05, 4.69) is 11.8 Å². The summed E-state index contributed by atoms with van der Waals surface area (Å²) in [5.41, 5.74) is 3.01. The van der Waals surface area contributed by atoms with Crippen LogP contribution in [0.5, 0.6) is 0 Å². The molecule has 1 aromatic rings. The topological polar surface area (TPSA) is 40.6 Å². The summed E-state index contributed by atoms with van der Waals surface area (Å²) in [5, 5.41) is 0.273. The predicted molar refractivity (Wildman–Crippen MR) is 98.7 cm³/mol. The van der Waals surface area contributed by atoms with Crippen LogP contribution in [0.15, 0.2) is 64.4 Å². The molecule has 1 heterocycles. The monoisotopic (exact) mass is 356 g/mol. The largest absolute Gasteiger partial charge is 0.381 e. The van der Waals surface area contributed by atoms with Gasteiger partial charge >= 0.3 is 0 Å². The Morgan fingerprint density at radius 1 is 1.20 bits per heavy atom. The van der Waals surface area contributed by atoms with E-state index < -0.39 is 0 Å². The van der Waals surface area contributed by atoms with Gasteiger partial charge in [-0.2, -0.15) is 0 Å². The Morgan fingerprint density at radius 2 is 1.88 bits per heavy atom. The van der Waals surface area contributed by atoms with Gasteiger partial charge in [0, 0.05) is 32.3 Å². The molecule has 0 aromatic heterocycles. The number of carbonyl (C=O) groups excluding carboxylic acids is 2. The SMILES string of the molecule is CC1C(N(C)C)=CC=C2C(Cl)=C(C=O)C(=O)N(Cc3ccccc3)C21. The zero-order valence-electron chi connectivity index (χ0n) is 14.6. The minimum absolute atomic E-state index is 0.0361. The highest BCUT2D eigenvalue weighted by molar-refractivity contribution is 6.37. The maximum atomic E-state index is 12.9. The van der Waals surface area contributed by atoms with Gasteiger partial charge in [-0.05, 0) is 17.2 Å². The highest BCUT2D eigenvalue weighted by Crippen LogP contribution is 2.40. The summed E-state index contributed by atoms with van der Waals surface area (Å²) in [4.78, 5) is 28.2. The number of fused-ring (bicyclic) bond motifs is 1. The molecule has 4 nitrogen and oxygen atoms in total. The average Bonchev–Trinajstić information content (AvgIpc) is 2.59. The fraction of sp³-hybridized carbons (Fsp3) is 0.300. The minimum atomic E-state index is -0.308. The fourth-order valence-electron chi connectivity index (χ4n) is 3.64. The number of aldehydes is 1. The van der Waals surface area contributed by atoms with Crippen LogP contribution in [-0.4, -0.2) is 42.1 Å². The first-order valence-electron chi connectivity index (χ1n) is 8.25. The molecule has 130 valence electrons. The van der Waals surface area contributed by atoms with E-state index in [1.54, 1.807) is 4.90 Å². The summed E-state index contributed by atoms with van der Waals surface area (Å²) in [6.45, 7) is 2.53. The number of allylic oxidation sites excluding steroid dienone is 2. The van der Waals surface area contributed by atoms with Gasteiger partial charge in [-0.3, -0.25) is 9.59 Å². The van der Waals surface area contributed by atoms with Crippen LogP contribution in [-0.2, 0) is 16.1 Å². The molecule has 2 atom stereocenters. The normalized spacial score (nSPS) is 23.0. The lowest BCUT2D eigenvalue weighted by Gasteiger charge is -2.44. The van der Waals surface area contributed by atoms with Crippen molar-refractivity contribution in [2.75, 3.05) is 14.1 Å². The van der Waals surface area contributed by atoms with Gasteiger partial charge in [0.1, 0.15) is 0 Å². The van der Waals surface area contributed by atoms with Crippen LogP contribution in [0.4, 0.5) is 0 Å². The van der Waals surface area contributed by atoms with Crippen LogP contribution >= 0.6 is 11.6 Å². The number of hydrogen-bond donors (Lipinski definition) is 0. The van der Waals surface area contributed by atoms with Gasteiger partial charge < -0.3 is 9.80 Å². The molecule has 2 unspecified atom stereocenters. The van der Waals surface area contributed by atoms with Crippen molar-refractivity contribution in [3.05, 3.63) is 69.9 Å². The minimum Gasteiger partial charge on any atom is -0.381 e. The maximum absolute atomic E-state index is 12.9. The summed E-state index contributed by atoms with van der Waals surface area (Å²) in [5.74, 6) is -0.234. The Balaban J connectivity index is 2.09. The lowest BCUT2D eigenvalue weighted by atomic mass is 9.81. The summed E-state index contributed by atoms with van der Waals surface area (Å²) < 4.78 is 0. The van der Waals surface area contributed by atoms with E-state index >= 15 is 0 Å². The molecule has 5 heteroatoms. The van der Waals surface area contributed by atoms with Gasteiger partial charge in [-0.15, -0.1) is 0 Å². The Hall–Kier alpha value is -2.33. The first kappa shape index (κ1) is 17.5. The third kappa shape index (κ3) is 3.02. The molecule has 1 amide bonds. The van der Waals surface area contributed by atoms with Crippen LogP contribution in [0.25, 0.3) is 0 Å². The van der Waals surface area contributed by atoms with Crippen molar-refractivity contribution in [3.63, 3.8) is 0 Å². The summed E-state index contributed by atoms with van der Waals surface area (Å²) in [6, 6.07) is 9.60. The first-order chi connectivity index (χ1) is 12.0. The van der Waals surface area contributed by atoms with Gasteiger partial charge in [0.2, 0.25) is 0 Å². The van der Waals surface area contributed by atoms with Crippen LogP contribution < -0.4 is 0 Å². The zero-order chi connectivity index (χ0) is 18.1. The molecule has 0 spiro atoms. The number of amides is 1. The van der Waals surface area contributed by atoms with Gasteiger partial charge in [0.25, 0.3) is 5.91 Å². The van der Waals surface area contributed by atoms with E-state index in [1.165, 1.54) is 0 Å². The van der Waals surface area contributed by atoms with E-state index in [4.69, 9.17) is 11.6 Å². The highest BCUT2D eigenvalue weighted by atomic mass is 35.5. The number of rotatable bonds is 4. The van der Waals surface area contributed by atoms with Crippen LogP contribution in [0, 0.1) is 5.92 Å². The van der Waals surface area contributed by atoms with Crippen LogP contribution in [0.2, 0.25) is 0 Å². The van der Waals surface area contributed by atoms with Crippen molar-refractivity contribution in [3.8, 4) is 0 Å². The van der Waals surface area contributed by atoms with Crippen molar-refractivity contribution < 1.29 is 9.59 Å². The van der Waals surface area contributed by atoms with Crippen LogP contribution in [0.1, 0.15) is 12.5 Å². The van der Waals surface area contributed by atoms with E-state index in [0.717, 1.165) is 16.8 Å². The maximum Gasteiger partial charge on any atom is 0.259 e. The molecule has 0 radical (unpaired) electrons. The highest BCUT2D eigenvalue weighted by Gasteiger charge is 2.42. The smallest absolute Gasteiger partial charge is 0.259 e. The number of halogens is 1. The predicted octanol–water partition coefficient (Wildman–Crippen LogP) is 3.11. The van der Waals surface area contributed by atoms with E-state index in [1.807, 2.05) is 56.6 Å². The van der Waals surface area contributed by atoms with Gasteiger partial charge in [0.05, 0.1) is 16.6 Å². The summed E-state index contributed by atoms with van der Waals surface area (Å²) in [6.07, 6.45) is 4.50. The van der Waals surface area contributed by atoms with Crippen molar-refractivity contribution in [2.24, 2.45) is 5.92 Å². The van der Waals surface area contributed by atoms with Crippen molar-refractivity contribution in [1.82, 2.24) is 9.80 Å². The Kier molecular flexibility index (Phi) is 4.82. The second kappa shape index (κ2) is 6.89. The zero-order valence-corrected chi connectivity index (χ0v) is 15.3.